The average molecular weight is 213 g/mol. The lowest BCUT2D eigenvalue weighted by atomic mass is 10.2. The van der Waals surface area contributed by atoms with Gasteiger partial charge in [0.25, 0.3) is 0 Å². The summed E-state index contributed by atoms with van der Waals surface area (Å²) in [6.07, 6.45) is 6.50. The van der Waals surface area contributed by atoms with E-state index in [0.29, 0.717) is 0 Å². The number of pyridine rings is 2. The zero-order valence-corrected chi connectivity index (χ0v) is 9.13. The van der Waals surface area contributed by atoms with E-state index in [4.69, 9.17) is 0 Å². The molecule has 3 nitrogen and oxygen atoms in total. The summed E-state index contributed by atoms with van der Waals surface area (Å²) in [5.74, 6) is 0. The van der Waals surface area contributed by atoms with E-state index in [0.717, 1.165) is 25.2 Å². The first kappa shape index (κ1) is 10.8. The zero-order chi connectivity index (χ0) is 11.1. The Bertz CT molecular complexity index is 359. The molecule has 0 saturated carbocycles. The van der Waals surface area contributed by atoms with Gasteiger partial charge in [-0.15, -0.1) is 0 Å². The molecule has 2 heterocycles. The SMILES string of the molecule is c1ccc(CNCCc2ccncc2)nc1. The minimum absolute atomic E-state index is 0.825. The van der Waals surface area contributed by atoms with E-state index in [1.165, 1.54) is 5.56 Å². The summed E-state index contributed by atoms with van der Waals surface area (Å²) in [4.78, 5) is 8.24. The second kappa shape index (κ2) is 5.98. The number of nitrogens with one attached hydrogen (secondary N) is 1. The van der Waals surface area contributed by atoms with Crippen LogP contribution in [0.1, 0.15) is 11.3 Å². The molecule has 1 N–H and O–H groups in total. The Morgan fingerprint density at radius 3 is 2.62 bits per heavy atom. The highest BCUT2D eigenvalue weighted by molar-refractivity contribution is 5.10. The minimum atomic E-state index is 0.825. The minimum Gasteiger partial charge on any atom is -0.311 e. The van der Waals surface area contributed by atoms with Crippen molar-refractivity contribution >= 4 is 0 Å². The Morgan fingerprint density at radius 2 is 1.88 bits per heavy atom. The molecular formula is C13H15N3. The molecule has 0 atom stereocenters. The fraction of sp³-hybridized carbons (Fsp3) is 0.231. The van der Waals surface area contributed by atoms with Gasteiger partial charge >= 0.3 is 0 Å². The maximum absolute atomic E-state index is 4.25. The molecule has 0 unspecified atom stereocenters. The van der Waals surface area contributed by atoms with Crippen molar-refractivity contribution in [1.29, 1.82) is 0 Å². The Kier molecular flexibility index (Phi) is 4.02. The summed E-state index contributed by atoms with van der Waals surface area (Å²) in [6.45, 7) is 1.78. The molecular weight excluding hydrogens is 198 g/mol. The number of rotatable bonds is 5. The summed E-state index contributed by atoms with van der Waals surface area (Å²) < 4.78 is 0. The highest BCUT2D eigenvalue weighted by Crippen LogP contribution is 1.97. The van der Waals surface area contributed by atoms with E-state index in [1.807, 2.05) is 48.9 Å². The Balaban J connectivity index is 1.70. The van der Waals surface area contributed by atoms with Gasteiger partial charge in [-0.25, -0.2) is 0 Å². The van der Waals surface area contributed by atoms with E-state index in [9.17, 15) is 0 Å². The summed E-state index contributed by atoms with van der Waals surface area (Å²) >= 11 is 0. The van der Waals surface area contributed by atoms with Gasteiger partial charge in [0.2, 0.25) is 0 Å². The topological polar surface area (TPSA) is 37.8 Å². The fourth-order valence-corrected chi connectivity index (χ4v) is 1.50. The van der Waals surface area contributed by atoms with Gasteiger partial charge in [0.15, 0.2) is 0 Å². The lowest BCUT2D eigenvalue weighted by Crippen LogP contribution is -2.17. The molecule has 0 bridgehead atoms. The van der Waals surface area contributed by atoms with E-state index in [-0.39, 0.29) is 0 Å². The van der Waals surface area contributed by atoms with Crippen LogP contribution in [0.25, 0.3) is 0 Å². The zero-order valence-electron chi connectivity index (χ0n) is 9.13. The molecule has 0 radical (unpaired) electrons. The third-order valence-corrected chi connectivity index (χ3v) is 2.37. The van der Waals surface area contributed by atoms with Crippen LogP contribution < -0.4 is 5.32 Å². The molecule has 16 heavy (non-hydrogen) atoms. The second-order valence-corrected chi connectivity index (χ2v) is 3.60. The second-order valence-electron chi connectivity index (χ2n) is 3.60. The molecule has 0 aliphatic carbocycles. The van der Waals surface area contributed by atoms with Crippen molar-refractivity contribution in [1.82, 2.24) is 15.3 Å². The Labute approximate surface area is 95.6 Å². The van der Waals surface area contributed by atoms with E-state index >= 15 is 0 Å². The van der Waals surface area contributed by atoms with Crippen LogP contribution >= 0.6 is 0 Å². The van der Waals surface area contributed by atoms with Crippen LogP contribution in [0.4, 0.5) is 0 Å². The fourth-order valence-electron chi connectivity index (χ4n) is 1.50. The first-order chi connectivity index (χ1) is 7.95. The molecule has 2 rings (SSSR count). The Morgan fingerprint density at radius 1 is 1.00 bits per heavy atom. The molecule has 3 heteroatoms. The standard InChI is InChI=1S/C13H15N3/c1-2-7-16-13(3-1)11-15-10-6-12-4-8-14-9-5-12/h1-5,7-9,15H,6,10-11H2. The van der Waals surface area contributed by atoms with Crippen molar-refractivity contribution < 1.29 is 0 Å². The first-order valence-electron chi connectivity index (χ1n) is 5.45. The van der Waals surface area contributed by atoms with Crippen molar-refractivity contribution in [3.05, 3.63) is 60.2 Å². The van der Waals surface area contributed by atoms with E-state index < -0.39 is 0 Å². The maximum Gasteiger partial charge on any atom is 0.0541 e. The highest BCUT2D eigenvalue weighted by Gasteiger charge is 1.93. The molecule has 0 spiro atoms. The quantitative estimate of drug-likeness (QED) is 0.770. The normalized spacial score (nSPS) is 10.2. The lowest BCUT2D eigenvalue weighted by Gasteiger charge is -2.03. The molecule has 0 aliphatic heterocycles. The monoisotopic (exact) mass is 213 g/mol. The van der Waals surface area contributed by atoms with Crippen LogP contribution in [0.15, 0.2) is 48.9 Å². The van der Waals surface area contributed by atoms with Crippen LogP contribution in [0.2, 0.25) is 0 Å². The van der Waals surface area contributed by atoms with Crippen LogP contribution in [0.3, 0.4) is 0 Å². The predicted octanol–water partition coefficient (Wildman–Crippen LogP) is 1.81. The third-order valence-electron chi connectivity index (χ3n) is 2.37. The molecule has 2 aromatic rings. The van der Waals surface area contributed by atoms with Crippen LogP contribution in [-0.2, 0) is 13.0 Å². The van der Waals surface area contributed by atoms with Crippen molar-refractivity contribution in [2.24, 2.45) is 0 Å². The summed E-state index contributed by atoms with van der Waals surface area (Å²) in [7, 11) is 0. The van der Waals surface area contributed by atoms with Gasteiger partial charge in [-0.3, -0.25) is 9.97 Å². The number of hydrogen-bond donors (Lipinski definition) is 1. The molecule has 0 amide bonds. The predicted molar refractivity (Wildman–Crippen MR) is 63.9 cm³/mol. The van der Waals surface area contributed by atoms with Gasteiger partial charge in [-0.05, 0) is 42.8 Å². The average Bonchev–Trinajstić information content (AvgIpc) is 2.37. The van der Waals surface area contributed by atoms with Crippen molar-refractivity contribution in [2.45, 2.75) is 13.0 Å². The van der Waals surface area contributed by atoms with Gasteiger partial charge in [0.1, 0.15) is 0 Å². The molecule has 0 saturated heterocycles. The lowest BCUT2D eigenvalue weighted by molar-refractivity contribution is 0.674. The smallest absolute Gasteiger partial charge is 0.0541 e. The molecule has 2 aromatic heterocycles. The van der Waals surface area contributed by atoms with Gasteiger partial charge in [-0.2, -0.15) is 0 Å². The van der Waals surface area contributed by atoms with Gasteiger partial charge < -0.3 is 5.32 Å². The van der Waals surface area contributed by atoms with Gasteiger partial charge in [0.05, 0.1) is 5.69 Å². The highest BCUT2D eigenvalue weighted by atomic mass is 14.9. The first-order valence-corrected chi connectivity index (χ1v) is 5.45. The van der Waals surface area contributed by atoms with Gasteiger partial charge in [-0.1, -0.05) is 6.07 Å². The van der Waals surface area contributed by atoms with Crippen LogP contribution in [0, 0.1) is 0 Å². The van der Waals surface area contributed by atoms with E-state index in [1.54, 1.807) is 0 Å². The van der Waals surface area contributed by atoms with E-state index in [2.05, 4.69) is 15.3 Å². The van der Waals surface area contributed by atoms with Crippen molar-refractivity contribution in [3.8, 4) is 0 Å². The molecule has 0 fully saturated rings. The molecule has 82 valence electrons. The largest absolute Gasteiger partial charge is 0.311 e. The number of nitrogens with zero attached hydrogens (tertiary/aromatic N) is 2. The third kappa shape index (κ3) is 3.44. The summed E-state index contributed by atoms with van der Waals surface area (Å²) in [6, 6.07) is 10.1. The van der Waals surface area contributed by atoms with Crippen molar-refractivity contribution in [2.75, 3.05) is 6.54 Å². The van der Waals surface area contributed by atoms with Crippen molar-refractivity contribution in [3.63, 3.8) is 0 Å². The maximum atomic E-state index is 4.25. The molecule has 0 aromatic carbocycles. The summed E-state index contributed by atoms with van der Waals surface area (Å²) in [5.41, 5.74) is 2.39. The number of hydrogen-bond acceptors (Lipinski definition) is 3. The number of aromatic nitrogens is 2. The Hall–Kier alpha value is -1.74. The van der Waals surface area contributed by atoms with Crippen LogP contribution in [0.5, 0.6) is 0 Å². The van der Waals surface area contributed by atoms with Crippen LogP contribution in [-0.4, -0.2) is 16.5 Å². The molecule has 0 aliphatic rings. The summed E-state index contributed by atoms with van der Waals surface area (Å²) in [5, 5.41) is 3.37. The van der Waals surface area contributed by atoms with Gasteiger partial charge in [0, 0.05) is 25.1 Å².